The lowest BCUT2D eigenvalue weighted by atomic mass is 10.1. The lowest BCUT2D eigenvalue weighted by Crippen LogP contribution is -1.99. The molecule has 2 aromatic heterocycles. The summed E-state index contributed by atoms with van der Waals surface area (Å²) in [5.41, 5.74) is 1.21. The van der Waals surface area contributed by atoms with Crippen LogP contribution >= 0.6 is 11.8 Å². The average Bonchev–Trinajstić information content (AvgIpc) is 3.24. The van der Waals surface area contributed by atoms with E-state index in [1.54, 1.807) is 0 Å². The van der Waals surface area contributed by atoms with Crippen molar-refractivity contribution in [3.8, 4) is 11.7 Å². The van der Waals surface area contributed by atoms with Gasteiger partial charge in [0.1, 0.15) is 5.76 Å². The normalized spacial score (nSPS) is 18.2. The SMILES string of the molecule is CCCCSCc1cc(-c2nc(C3CCOC3)no2)oc1C. The molecular weight excluding hydrogens is 300 g/mol. The van der Waals surface area contributed by atoms with Crippen molar-refractivity contribution in [2.75, 3.05) is 19.0 Å². The van der Waals surface area contributed by atoms with Gasteiger partial charge in [0.05, 0.1) is 6.61 Å². The summed E-state index contributed by atoms with van der Waals surface area (Å²) in [5.74, 6) is 5.19. The highest BCUT2D eigenvalue weighted by atomic mass is 32.2. The van der Waals surface area contributed by atoms with Crippen LogP contribution in [0.4, 0.5) is 0 Å². The summed E-state index contributed by atoms with van der Waals surface area (Å²) < 4.78 is 16.5. The quantitative estimate of drug-likeness (QED) is 0.713. The zero-order valence-corrected chi connectivity index (χ0v) is 13.9. The minimum atomic E-state index is 0.248. The highest BCUT2D eigenvalue weighted by Gasteiger charge is 2.24. The van der Waals surface area contributed by atoms with E-state index in [1.807, 2.05) is 24.8 Å². The third-order valence-corrected chi connectivity index (χ3v) is 4.96. The Morgan fingerprint density at radius 3 is 3.09 bits per heavy atom. The maximum absolute atomic E-state index is 5.79. The van der Waals surface area contributed by atoms with Crippen molar-refractivity contribution in [2.45, 2.75) is 44.8 Å². The predicted octanol–water partition coefficient (Wildman–Crippen LogP) is 4.18. The smallest absolute Gasteiger partial charge is 0.293 e. The Balaban J connectivity index is 1.67. The molecule has 3 rings (SSSR count). The molecule has 1 saturated heterocycles. The maximum atomic E-state index is 5.79. The summed E-state index contributed by atoms with van der Waals surface area (Å²) in [5, 5.41) is 4.07. The molecule has 0 radical (unpaired) electrons. The molecule has 0 aliphatic carbocycles. The van der Waals surface area contributed by atoms with Crippen molar-refractivity contribution in [2.24, 2.45) is 0 Å². The number of ether oxygens (including phenoxy) is 1. The molecular formula is C16H22N2O3S. The van der Waals surface area contributed by atoms with Gasteiger partial charge in [0.15, 0.2) is 11.6 Å². The third kappa shape index (κ3) is 3.55. The third-order valence-electron chi connectivity index (χ3n) is 3.87. The van der Waals surface area contributed by atoms with E-state index < -0.39 is 0 Å². The number of aryl methyl sites for hydroxylation is 1. The molecule has 1 aliphatic rings. The van der Waals surface area contributed by atoms with Gasteiger partial charge in [-0.05, 0) is 31.6 Å². The molecule has 1 unspecified atom stereocenters. The van der Waals surface area contributed by atoms with Crippen LogP contribution in [0, 0.1) is 6.92 Å². The van der Waals surface area contributed by atoms with Crippen molar-refractivity contribution in [3.05, 3.63) is 23.2 Å². The van der Waals surface area contributed by atoms with Crippen molar-refractivity contribution in [1.29, 1.82) is 0 Å². The first kappa shape index (κ1) is 15.6. The van der Waals surface area contributed by atoms with Crippen molar-refractivity contribution in [3.63, 3.8) is 0 Å². The minimum absolute atomic E-state index is 0.248. The summed E-state index contributed by atoms with van der Waals surface area (Å²) in [4.78, 5) is 4.47. The summed E-state index contributed by atoms with van der Waals surface area (Å²) in [6, 6.07) is 2.02. The fraction of sp³-hybridized carbons (Fsp3) is 0.625. The summed E-state index contributed by atoms with van der Waals surface area (Å²) in [7, 11) is 0. The van der Waals surface area contributed by atoms with E-state index >= 15 is 0 Å². The van der Waals surface area contributed by atoms with Crippen LogP contribution in [0.2, 0.25) is 0 Å². The van der Waals surface area contributed by atoms with Crippen molar-refractivity contribution in [1.82, 2.24) is 10.1 Å². The predicted molar refractivity (Wildman–Crippen MR) is 86.0 cm³/mol. The number of hydrogen-bond acceptors (Lipinski definition) is 6. The van der Waals surface area contributed by atoms with Gasteiger partial charge >= 0.3 is 0 Å². The van der Waals surface area contributed by atoms with Gasteiger partial charge in [-0.25, -0.2) is 0 Å². The van der Waals surface area contributed by atoms with Crippen LogP contribution in [0.25, 0.3) is 11.7 Å². The Bertz CT molecular complexity index is 602. The Morgan fingerprint density at radius 1 is 1.41 bits per heavy atom. The molecule has 0 aromatic carbocycles. The first-order valence-corrected chi connectivity index (χ1v) is 9.02. The van der Waals surface area contributed by atoms with Crippen LogP contribution in [-0.2, 0) is 10.5 Å². The maximum Gasteiger partial charge on any atom is 0.293 e. The lowest BCUT2D eigenvalue weighted by Gasteiger charge is -1.98. The van der Waals surface area contributed by atoms with Gasteiger partial charge in [0, 0.05) is 23.8 Å². The molecule has 120 valence electrons. The topological polar surface area (TPSA) is 61.3 Å². The van der Waals surface area contributed by atoms with Crippen LogP contribution < -0.4 is 0 Å². The van der Waals surface area contributed by atoms with Crippen LogP contribution in [0.15, 0.2) is 15.0 Å². The largest absolute Gasteiger partial charge is 0.456 e. The molecule has 0 bridgehead atoms. The number of aromatic nitrogens is 2. The number of rotatable bonds is 7. The average molecular weight is 322 g/mol. The van der Waals surface area contributed by atoms with Gasteiger partial charge in [0.25, 0.3) is 5.89 Å². The summed E-state index contributed by atoms with van der Waals surface area (Å²) in [6.45, 7) is 5.65. The molecule has 1 atom stereocenters. The van der Waals surface area contributed by atoms with E-state index in [0.717, 1.165) is 30.4 Å². The molecule has 22 heavy (non-hydrogen) atoms. The van der Waals surface area contributed by atoms with Gasteiger partial charge in [-0.3, -0.25) is 0 Å². The van der Waals surface area contributed by atoms with E-state index in [2.05, 4.69) is 17.1 Å². The first-order valence-electron chi connectivity index (χ1n) is 7.86. The number of nitrogens with zero attached hydrogens (tertiary/aromatic N) is 2. The standard InChI is InChI=1S/C16H22N2O3S/c1-3-4-7-22-10-13-8-14(20-11(13)2)16-17-15(18-21-16)12-5-6-19-9-12/h8,12H,3-7,9-10H2,1-2H3. The molecule has 0 saturated carbocycles. The molecule has 0 N–H and O–H groups in total. The minimum Gasteiger partial charge on any atom is -0.456 e. The van der Waals surface area contributed by atoms with Crippen molar-refractivity contribution >= 4 is 11.8 Å². The Labute approximate surface area is 134 Å². The van der Waals surface area contributed by atoms with Crippen LogP contribution in [0.3, 0.4) is 0 Å². The molecule has 1 fully saturated rings. The van der Waals surface area contributed by atoms with E-state index in [4.69, 9.17) is 13.7 Å². The molecule has 0 spiro atoms. The van der Waals surface area contributed by atoms with Crippen LogP contribution in [0.1, 0.15) is 49.3 Å². The van der Waals surface area contributed by atoms with Gasteiger partial charge in [-0.15, -0.1) is 0 Å². The molecule has 3 heterocycles. The molecule has 2 aromatic rings. The molecule has 1 aliphatic heterocycles. The zero-order valence-electron chi connectivity index (χ0n) is 13.1. The van der Waals surface area contributed by atoms with E-state index in [-0.39, 0.29) is 5.92 Å². The van der Waals surface area contributed by atoms with Crippen LogP contribution in [0.5, 0.6) is 0 Å². The second-order valence-corrected chi connectivity index (χ2v) is 6.72. The summed E-state index contributed by atoms with van der Waals surface area (Å²) >= 11 is 1.94. The zero-order chi connectivity index (χ0) is 15.4. The Kier molecular flexibility index (Phi) is 5.20. The number of hydrogen-bond donors (Lipinski definition) is 0. The van der Waals surface area contributed by atoms with E-state index in [9.17, 15) is 0 Å². The fourth-order valence-corrected chi connectivity index (χ4v) is 3.58. The van der Waals surface area contributed by atoms with E-state index in [0.29, 0.717) is 18.3 Å². The lowest BCUT2D eigenvalue weighted by molar-refractivity contribution is 0.192. The second-order valence-electron chi connectivity index (χ2n) is 5.62. The van der Waals surface area contributed by atoms with Crippen molar-refractivity contribution < 1.29 is 13.7 Å². The highest BCUT2D eigenvalue weighted by molar-refractivity contribution is 7.98. The summed E-state index contributed by atoms with van der Waals surface area (Å²) in [6.07, 6.45) is 3.44. The number of unbranched alkanes of at least 4 members (excludes halogenated alkanes) is 1. The highest BCUT2D eigenvalue weighted by Crippen LogP contribution is 2.29. The molecule has 6 heteroatoms. The fourth-order valence-electron chi connectivity index (χ4n) is 2.44. The Hall–Kier alpha value is -1.27. The van der Waals surface area contributed by atoms with Gasteiger partial charge in [-0.2, -0.15) is 16.7 Å². The van der Waals surface area contributed by atoms with Gasteiger partial charge in [0.2, 0.25) is 0 Å². The molecule has 0 amide bonds. The Morgan fingerprint density at radius 2 is 2.32 bits per heavy atom. The first-order chi connectivity index (χ1) is 10.8. The second kappa shape index (κ2) is 7.33. The van der Waals surface area contributed by atoms with E-state index in [1.165, 1.54) is 24.2 Å². The van der Waals surface area contributed by atoms with Crippen LogP contribution in [-0.4, -0.2) is 29.1 Å². The number of furan rings is 1. The number of thioether (sulfide) groups is 1. The van der Waals surface area contributed by atoms with Gasteiger partial charge in [-0.1, -0.05) is 18.5 Å². The molecule has 5 nitrogen and oxygen atoms in total. The van der Waals surface area contributed by atoms with Gasteiger partial charge < -0.3 is 13.7 Å². The monoisotopic (exact) mass is 322 g/mol.